The standard InChI is InChI=1S/C23H34N4OS/c28-22(26-11-6-2-1-3-7-12-26)21-20(27-14-15-29-23(27)24-21)17-25-13-10-18-8-4-5-9-19(18)16-25/h14-15,18-19H,1-13,16-17H2/t18-,19-/m0/s1. The summed E-state index contributed by atoms with van der Waals surface area (Å²) in [6.45, 7) is 4.99. The molecule has 1 aliphatic carbocycles. The molecule has 1 amide bonds. The van der Waals surface area contributed by atoms with Crippen molar-refractivity contribution in [3.63, 3.8) is 0 Å². The minimum atomic E-state index is 0.158. The third-order valence-corrected chi connectivity index (χ3v) is 8.21. The molecular formula is C23H34N4OS. The number of thiazole rings is 1. The Morgan fingerprint density at radius 1 is 0.966 bits per heavy atom. The zero-order chi connectivity index (χ0) is 19.6. The van der Waals surface area contributed by atoms with E-state index >= 15 is 0 Å². The molecule has 0 N–H and O–H groups in total. The van der Waals surface area contributed by atoms with Crippen molar-refractivity contribution in [1.29, 1.82) is 0 Å². The number of carbonyl (C=O) groups is 1. The van der Waals surface area contributed by atoms with Gasteiger partial charge in [-0.25, -0.2) is 4.98 Å². The predicted octanol–water partition coefficient (Wildman–Crippen LogP) is 4.81. The van der Waals surface area contributed by atoms with Gasteiger partial charge in [-0.05, 0) is 44.1 Å². The number of hydrogen-bond donors (Lipinski definition) is 0. The molecule has 0 bridgehead atoms. The number of nitrogens with zero attached hydrogens (tertiary/aromatic N) is 4. The van der Waals surface area contributed by atoms with Crippen molar-refractivity contribution in [2.75, 3.05) is 26.2 Å². The second-order valence-corrected chi connectivity index (χ2v) is 10.2. The summed E-state index contributed by atoms with van der Waals surface area (Å²) in [5.41, 5.74) is 1.82. The van der Waals surface area contributed by atoms with E-state index < -0.39 is 0 Å². The maximum Gasteiger partial charge on any atom is 0.274 e. The summed E-state index contributed by atoms with van der Waals surface area (Å²) < 4.78 is 2.18. The fraction of sp³-hybridized carbons (Fsp3) is 0.739. The van der Waals surface area contributed by atoms with E-state index in [4.69, 9.17) is 4.98 Å². The van der Waals surface area contributed by atoms with Gasteiger partial charge in [0.2, 0.25) is 0 Å². The van der Waals surface area contributed by atoms with Crippen LogP contribution >= 0.6 is 11.3 Å². The maximum absolute atomic E-state index is 13.5. The molecule has 2 aromatic heterocycles. The molecule has 4 heterocycles. The molecule has 0 aromatic carbocycles. The number of carbonyl (C=O) groups excluding carboxylic acids is 1. The SMILES string of the molecule is O=C(c1nc2sccn2c1CN1CC[C@@H]2CCCC[C@H]2C1)N1CCCCCCC1. The van der Waals surface area contributed by atoms with Crippen LogP contribution in [-0.4, -0.2) is 51.3 Å². The monoisotopic (exact) mass is 414 g/mol. The van der Waals surface area contributed by atoms with Gasteiger partial charge in [0.15, 0.2) is 10.7 Å². The number of aromatic nitrogens is 2. The quantitative estimate of drug-likeness (QED) is 0.723. The van der Waals surface area contributed by atoms with Crippen LogP contribution in [0.15, 0.2) is 11.6 Å². The normalized spacial score (nSPS) is 26.8. The van der Waals surface area contributed by atoms with Gasteiger partial charge in [-0.2, -0.15) is 0 Å². The van der Waals surface area contributed by atoms with E-state index in [9.17, 15) is 4.79 Å². The summed E-state index contributed by atoms with van der Waals surface area (Å²) in [4.78, 5) is 23.9. The lowest BCUT2D eigenvalue weighted by atomic mass is 9.75. The van der Waals surface area contributed by atoms with E-state index in [1.54, 1.807) is 11.3 Å². The first-order valence-corrected chi connectivity index (χ1v) is 12.6. The molecule has 5 rings (SSSR count). The van der Waals surface area contributed by atoms with Crippen molar-refractivity contribution in [3.05, 3.63) is 23.0 Å². The van der Waals surface area contributed by atoms with Crippen molar-refractivity contribution in [2.24, 2.45) is 11.8 Å². The highest BCUT2D eigenvalue weighted by atomic mass is 32.1. The zero-order valence-corrected chi connectivity index (χ0v) is 18.3. The number of piperidine rings is 1. The van der Waals surface area contributed by atoms with Crippen LogP contribution < -0.4 is 0 Å². The topological polar surface area (TPSA) is 40.9 Å². The lowest BCUT2D eigenvalue weighted by molar-refractivity contribution is 0.0719. The Morgan fingerprint density at radius 2 is 1.72 bits per heavy atom. The van der Waals surface area contributed by atoms with Crippen LogP contribution in [0.4, 0.5) is 0 Å². The summed E-state index contributed by atoms with van der Waals surface area (Å²) in [5, 5.41) is 2.09. The second kappa shape index (κ2) is 8.76. The van der Waals surface area contributed by atoms with Crippen molar-refractivity contribution < 1.29 is 4.79 Å². The first kappa shape index (κ1) is 19.6. The van der Waals surface area contributed by atoms with E-state index in [-0.39, 0.29) is 5.91 Å². The lowest BCUT2D eigenvalue weighted by Gasteiger charge is -2.41. The van der Waals surface area contributed by atoms with E-state index in [0.29, 0.717) is 5.69 Å². The largest absolute Gasteiger partial charge is 0.337 e. The minimum absolute atomic E-state index is 0.158. The summed E-state index contributed by atoms with van der Waals surface area (Å²) in [5.74, 6) is 1.95. The Kier molecular flexibility index (Phi) is 5.91. The number of likely N-dealkylation sites (tertiary alicyclic amines) is 2. The Morgan fingerprint density at radius 3 is 2.55 bits per heavy atom. The second-order valence-electron chi connectivity index (χ2n) is 9.35. The molecule has 1 saturated carbocycles. The fourth-order valence-corrected chi connectivity index (χ4v) is 6.52. The van der Waals surface area contributed by atoms with Gasteiger partial charge in [0.05, 0.1) is 5.69 Å². The fourth-order valence-electron chi connectivity index (χ4n) is 5.79. The number of rotatable bonds is 3. The summed E-state index contributed by atoms with van der Waals surface area (Å²) in [7, 11) is 0. The molecule has 2 atom stereocenters. The van der Waals surface area contributed by atoms with Crippen LogP contribution in [0.3, 0.4) is 0 Å². The predicted molar refractivity (Wildman–Crippen MR) is 117 cm³/mol. The molecule has 0 radical (unpaired) electrons. The Hall–Kier alpha value is -1.40. The molecule has 2 saturated heterocycles. The molecule has 0 spiro atoms. The van der Waals surface area contributed by atoms with Gasteiger partial charge in [0.1, 0.15) is 0 Å². The molecule has 158 valence electrons. The van der Waals surface area contributed by atoms with Gasteiger partial charge in [0.25, 0.3) is 5.91 Å². The molecule has 2 aromatic rings. The first-order chi connectivity index (χ1) is 14.3. The molecule has 2 aliphatic heterocycles. The zero-order valence-electron chi connectivity index (χ0n) is 17.5. The van der Waals surface area contributed by atoms with Gasteiger partial charge in [-0.15, -0.1) is 11.3 Å². The highest BCUT2D eigenvalue weighted by Crippen LogP contribution is 2.36. The van der Waals surface area contributed by atoms with E-state index in [0.717, 1.165) is 61.5 Å². The van der Waals surface area contributed by atoms with Crippen molar-refractivity contribution >= 4 is 22.2 Å². The number of amides is 1. The van der Waals surface area contributed by atoms with Crippen molar-refractivity contribution in [2.45, 2.75) is 70.8 Å². The molecule has 0 unspecified atom stereocenters. The van der Waals surface area contributed by atoms with Crippen LogP contribution in [0.1, 0.15) is 80.4 Å². The summed E-state index contributed by atoms with van der Waals surface area (Å²) in [6.07, 6.45) is 15.1. The maximum atomic E-state index is 13.5. The Bertz CT molecular complexity index is 835. The molecule has 6 heteroatoms. The van der Waals surface area contributed by atoms with E-state index in [1.165, 1.54) is 57.9 Å². The molecule has 5 nitrogen and oxygen atoms in total. The van der Waals surface area contributed by atoms with Crippen LogP contribution in [-0.2, 0) is 6.54 Å². The van der Waals surface area contributed by atoms with Gasteiger partial charge in [-0.3, -0.25) is 14.1 Å². The van der Waals surface area contributed by atoms with Crippen LogP contribution in [0.2, 0.25) is 0 Å². The molecule has 3 fully saturated rings. The third-order valence-electron chi connectivity index (χ3n) is 7.46. The molecule has 3 aliphatic rings. The van der Waals surface area contributed by atoms with Crippen LogP contribution in [0, 0.1) is 11.8 Å². The first-order valence-electron chi connectivity index (χ1n) is 11.8. The smallest absolute Gasteiger partial charge is 0.274 e. The number of imidazole rings is 1. The Balaban J connectivity index is 1.37. The lowest BCUT2D eigenvalue weighted by Crippen LogP contribution is -2.42. The third kappa shape index (κ3) is 4.11. The summed E-state index contributed by atoms with van der Waals surface area (Å²) in [6, 6.07) is 0. The highest BCUT2D eigenvalue weighted by Gasteiger charge is 2.33. The van der Waals surface area contributed by atoms with Gasteiger partial charge < -0.3 is 4.90 Å². The minimum Gasteiger partial charge on any atom is -0.337 e. The van der Waals surface area contributed by atoms with Crippen molar-refractivity contribution in [1.82, 2.24) is 19.2 Å². The average Bonchev–Trinajstić information content (AvgIpc) is 3.30. The molecular weight excluding hydrogens is 380 g/mol. The number of hydrogen-bond acceptors (Lipinski definition) is 4. The van der Waals surface area contributed by atoms with Gasteiger partial charge in [-0.1, -0.05) is 38.5 Å². The Labute approximate surface area is 178 Å². The van der Waals surface area contributed by atoms with Gasteiger partial charge >= 0.3 is 0 Å². The van der Waals surface area contributed by atoms with Gasteiger partial charge in [0, 0.05) is 37.8 Å². The number of fused-ring (bicyclic) bond motifs is 2. The van der Waals surface area contributed by atoms with E-state index in [1.807, 2.05) is 0 Å². The van der Waals surface area contributed by atoms with E-state index in [2.05, 4.69) is 25.8 Å². The van der Waals surface area contributed by atoms with Crippen LogP contribution in [0.5, 0.6) is 0 Å². The highest BCUT2D eigenvalue weighted by molar-refractivity contribution is 7.15. The molecule has 29 heavy (non-hydrogen) atoms. The summed E-state index contributed by atoms with van der Waals surface area (Å²) >= 11 is 1.64. The van der Waals surface area contributed by atoms with Crippen molar-refractivity contribution in [3.8, 4) is 0 Å². The average molecular weight is 415 g/mol. The van der Waals surface area contributed by atoms with Crippen LogP contribution in [0.25, 0.3) is 4.96 Å².